The van der Waals surface area contributed by atoms with E-state index in [1.807, 2.05) is 4.90 Å². The number of aryl methyl sites for hydroxylation is 1. The zero-order valence-electron chi connectivity index (χ0n) is 14.5. The molecule has 2 atom stereocenters. The maximum absolute atomic E-state index is 12.7. The van der Waals surface area contributed by atoms with Crippen molar-refractivity contribution in [3.8, 4) is 0 Å². The van der Waals surface area contributed by atoms with Gasteiger partial charge in [0.05, 0.1) is 18.9 Å². The minimum atomic E-state index is -0.378. The van der Waals surface area contributed by atoms with Gasteiger partial charge in [0.15, 0.2) is 5.69 Å². The number of furan rings is 1. The Labute approximate surface area is 149 Å². The summed E-state index contributed by atoms with van der Waals surface area (Å²) in [4.78, 5) is 40.9. The van der Waals surface area contributed by atoms with Crippen LogP contribution < -0.4 is 5.43 Å². The fourth-order valence-electron chi connectivity index (χ4n) is 3.90. The number of carbonyl (C=O) groups excluding carboxylic acids is 2. The highest BCUT2D eigenvalue weighted by atomic mass is 16.3. The third-order valence-electron chi connectivity index (χ3n) is 5.08. The minimum absolute atomic E-state index is 0.0124. The van der Waals surface area contributed by atoms with Crippen LogP contribution in [0.1, 0.15) is 28.2 Å². The molecule has 2 unspecified atom stereocenters. The van der Waals surface area contributed by atoms with Crippen molar-refractivity contribution in [2.45, 2.75) is 25.8 Å². The van der Waals surface area contributed by atoms with Crippen LogP contribution in [0, 0.1) is 12.8 Å². The van der Waals surface area contributed by atoms with Crippen molar-refractivity contribution in [3.05, 3.63) is 51.8 Å². The molecular formula is C18H20N4O4. The Morgan fingerprint density at radius 2 is 2.19 bits per heavy atom. The van der Waals surface area contributed by atoms with Gasteiger partial charge in [-0.1, -0.05) is 0 Å². The van der Waals surface area contributed by atoms with Gasteiger partial charge in [-0.3, -0.25) is 19.5 Å². The van der Waals surface area contributed by atoms with Gasteiger partial charge in [0.25, 0.3) is 5.91 Å². The fourth-order valence-corrected chi connectivity index (χ4v) is 3.90. The van der Waals surface area contributed by atoms with Crippen LogP contribution >= 0.6 is 0 Å². The summed E-state index contributed by atoms with van der Waals surface area (Å²) in [6.45, 7) is 3.33. The normalized spacial score (nSPS) is 21.9. The van der Waals surface area contributed by atoms with E-state index >= 15 is 0 Å². The van der Waals surface area contributed by atoms with E-state index in [-0.39, 0.29) is 34.9 Å². The summed E-state index contributed by atoms with van der Waals surface area (Å²) in [7, 11) is 0. The topological polar surface area (TPSA) is 99.5 Å². The molecule has 2 saturated heterocycles. The molecule has 2 aliphatic heterocycles. The van der Waals surface area contributed by atoms with E-state index in [4.69, 9.17) is 4.42 Å². The highest BCUT2D eigenvalue weighted by Gasteiger charge is 2.42. The van der Waals surface area contributed by atoms with E-state index in [0.717, 1.165) is 12.0 Å². The second kappa shape index (κ2) is 6.44. The lowest BCUT2D eigenvalue weighted by molar-refractivity contribution is -0.131. The summed E-state index contributed by atoms with van der Waals surface area (Å²) in [6.07, 6.45) is 4.31. The fraction of sp³-hybridized carbons (Fsp3) is 0.444. The van der Waals surface area contributed by atoms with E-state index in [9.17, 15) is 14.4 Å². The summed E-state index contributed by atoms with van der Waals surface area (Å²) < 4.78 is 5.02. The van der Waals surface area contributed by atoms with Crippen molar-refractivity contribution in [1.29, 1.82) is 0 Å². The van der Waals surface area contributed by atoms with E-state index in [1.165, 1.54) is 6.07 Å². The van der Waals surface area contributed by atoms with Gasteiger partial charge in [0.2, 0.25) is 11.3 Å². The molecule has 26 heavy (non-hydrogen) atoms. The lowest BCUT2D eigenvalue weighted by Crippen LogP contribution is -2.47. The second-order valence-corrected chi connectivity index (χ2v) is 7.08. The van der Waals surface area contributed by atoms with Gasteiger partial charge in [-0.15, -0.1) is 0 Å². The van der Waals surface area contributed by atoms with Crippen molar-refractivity contribution in [2.24, 2.45) is 5.92 Å². The van der Waals surface area contributed by atoms with Crippen molar-refractivity contribution >= 4 is 11.8 Å². The van der Waals surface area contributed by atoms with Crippen molar-refractivity contribution in [2.75, 3.05) is 19.6 Å². The molecule has 4 rings (SSSR count). The number of amides is 2. The Kier molecular flexibility index (Phi) is 4.10. The number of fused-ring (bicyclic) bond motifs is 2. The van der Waals surface area contributed by atoms with E-state index in [1.54, 1.807) is 30.4 Å². The number of piperidine rings is 1. The van der Waals surface area contributed by atoms with Crippen LogP contribution in [-0.4, -0.2) is 57.5 Å². The highest BCUT2D eigenvalue weighted by molar-refractivity contribution is 5.92. The number of nitrogens with zero attached hydrogens (tertiary/aromatic N) is 3. The predicted octanol–water partition coefficient (Wildman–Crippen LogP) is 0.587. The molecule has 2 aliphatic rings. The molecule has 2 aromatic heterocycles. The van der Waals surface area contributed by atoms with E-state index in [2.05, 4.69) is 10.2 Å². The zero-order chi connectivity index (χ0) is 18.3. The van der Waals surface area contributed by atoms with Gasteiger partial charge in [-0.05, 0) is 30.9 Å². The number of likely N-dealkylation sites (tertiary alicyclic amines) is 2. The quantitative estimate of drug-likeness (QED) is 0.868. The molecule has 8 heteroatoms. The van der Waals surface area contributed by atoms with Crippen LogP contribution in [0.5, 0.6) is 0 Å². The van der Waals surface area contributed by atoms with Crippen molar-refractivity contribution in [1.82, 2.24) is 20.0 Å². The zero-order valence-corrected chi connectivity index (χ0v) is 14.5. The van der Waals surface area contributed by atoms with Crippen LogP contribution in [0.3, 0.4) is 0 Å². The summed E-state index contributed by atoms with van der Waals surface area (Å²) in [6, 6.07) is 3.15. The Bertz CT molecular complexity index is 889. The maximum atomic E-state index is 12.7. The Balaban J connectivity index is 1.47. The van der Waals surface area contributed by atoms with Gasteiger partial charge < -0.3 is 14.2 Å². The molecule has 0 aromatic carbocycles. The first kappa shape index (κ1) is 16.6. The monoisotopic (exact) mass is 356 g/mol. The molecule has 136 valence electrons. The number of H-pyrrole nitrogens is 1. The summed E-state index contributed by atoms with van der Waals surface area (Å²) in [5.41, 5.74) is 0.992. The van der Waals surface area contributed by atoms with Crippen LogP contribution in [-0.2, 0) is 11.2 Å². The largest absolute Gasteiger partial charge is 0.472 e. The molecule has 2 amide bonds. The molecule has 2 bridgehead atoms. The number of aromatic amines is 1. The first-order valence-electron chi connectivity index (χ1n) is 8.67. The molecule has 0 saturated carbocycles. The lowest BCUT2D eigenvalue weighted by Gasteiger charge is -2.32. The predicted molar refractivity (Wildman–Crippen MR) is 91.5 cm³/mol. The molecule has 0 radical (unpaired) electrons. The van der Waals surface area contributed by atoms with Gasteiger partial charge in [0.1, 0.15) is 0 Å². The third-order valence-corrected chi connectivity index (χ3v) is 5.08. The van der Waals surface area contributed by atoms with E-state index < -0.39 is 0 Å². The number of aromatic nitrogens is 2. The average molecular weight is 356 g/mol. The SMILES string of the molecule is Cc1cc(=O)c(C(=O)N2CC3CC(C2)N(C(=O)Cc2ccoc2)C3)n[nH]1. The Morgan fingerprint density at radius 1 is 1.35 bits per heavy atom. The molecule has 4 heterocycles. The molecule has 1 N–H and O–H groups in total. The van der Waals surface area contributed by atoms with Crippen LogP contribution in [0.15, 0.2) is 33.9 Å². The molecule has 0 spiro atoms. The van der Waals surface area contributed by atoms with Gasteiger partial charge in [0, 0.05) is 37.4 Å². The molecule has 2 aromatic rings. The summed E-state index contributed by atoms with van der Waals surface area (Å²) in [5, 5.41) is 6.59. The Hall–Kier alpha value is -2.90. The van der Waals surface area contributed by atoms with Gasteiger partial charge in [-0.25, -0.2) is 0 Å². The van der Waals surface area contributed by atoms with Crippen LogP contribution in [0.25, 0.3) is 0 Å². The first-order chi connectivity index (χ1) is 12.5. The highest BCUT2D eigenvalue weighted by Crippen LogP contribution is 2.30. The lowest BCUT2D eigenvalue weighted by atomic mass is 9.99. The average Bonchev–Trinajstić information content (AvgIpc) is 3.21. The number of rotatable bonds is 3. The van der Waals surface area contributed by atoms with Crippen LogP contribution in [0.4, 0.5) is 0 Å². The minimum Gasteiger partial charge on any atom is -0.472 e. The van der Waals surface area contributed by atoms with E-state index in [0.29, 0.717) is 31.7 Å². The summed E-state index contributed by atoms with van der Waals surface area (Å²) in [5.74, 6) is -0.0971. The first-order valence-corrected chi connectivity index (χ1v) is 8.67. The van der Waals surface area contributed by atoms with Gasteiger partial charge in [-0.2, -0.15) is 5.10 Å². The molecule has 0 aliphatic carbocycles. The van der Waals surface area contributed by atoms with Crippen molar-refractivity contribution in [3.63, 3.8) is 0 Å². The second-order valence-electron chi connectivity index (χ2n) is 7.08. The number of nitrogens with one attached hydrogen (secondary N) is 1. The maximum Gasteiger partial charge on any atom is 0.278 e. The summed E-state index contributed by atoms with van der Waals surface area (Å²) >= 11 is 0. The van der Waals surface area contributed by atoms with Crippen LogP contribution in [0.2, 0.25) is 0 Å². The standard InChI is InChI=1S/C18H20N4O4/c1-11-4-15(23)17(20-19-11)18(25)21-7-13-5-14(9-21)22(8-13)16(24)6-12-2-3-26-10-12/h2-4,10,13-14H,5-9H2,1H3,(H,19,23). The molecular weight excluding hydrogens is 336 g/mol. The van der Waals surface area contributed by atoms with Gasteiger partial charge >= 0.3 is 0 Å². The number of hydrogen-bond donors (Lipinski definition) is 1. The van der Waals surface area contributed by atoms with Crippen molar-refractivity contribution < 1.29 is 14.0 Å². The third kappa shape index (κ3) is 3.02. The smallest absolute Gasteiger partial charge is 0.278 e. The molecule has 2 fully saturated rings. The Morgan fingerprint density at radius 3 is 2.92 bits per heavy atom. The molecule has 8 nitrogen and oxygen atoms in total. The number of hydrogen-bond acceptors (Lipinski definition) is 5. The number of carbonyl (C=O) groups is 2.